The van der Waals surface area contributed by atoms with E-state index in [1.165, 1.54) is 0 Å². The Morgan fingerprint density at radius 3 is 2.38 bits per heavy atom. The van der Waals surface area contributed by atoms with Crippen LogP contribution in [0.5, 0.6) is 17.4 Å². The molecule has 4 nitrogen and oxygen atoms in total. The molecule has 1 heterocycles. The second-order valence-electron chi connectivity index (χ2n) is 4.75. The van der Waals surface area contributed by atoms with E-state index in [1.807, 2.05) is 68.4 Å². The predicted molar refractivity (Wildman–Crippen MR) is 97.5 cm³/mol. The normalized spacial score (nSPS) is 9.58. The van der Waals surface area contributed by atoms with E-state index >= 15 is 0 Å². The smallest absolute Gasteiger partial charge is 0.242 e. The van der Waals surface area contributed by atoms with Crippen molar-refractivity contribution in [3.8, 4) is 17.4 Å². The Morgan fingerprint density at radius 1 is 0.917 bits per heavy atom. The fraction of sp³-hybridized carbons (Fsp3) is 0.150. The Kier molecular flexibility index (Phi) is 6.65. The minimum Gasteiger partial charge on any atom is -0.508 e. The average Bonchev–Trinajstić information content (AvgIpc) is 2.65. The number of aromatic hydroxyl groups is 1. The van der Waals surface area contributed by atoms with Crippen LogP contribution in [0.15, 0.2) is 72.9 Å². The summed E-state index contributed by atoms with van der Waals surface area (Å²) in [4.78, 5) is 4.26. The van der Waals surface area contributed by atoms with Gasteiger partial charge in [-0.25, -0.2) is 4.98 Å². The molecule has 0 fully saturated rings. The van der Waals surface area contributed by atoms with Crippen LogP contribution in [0.2, 0.25) is 0 Å². The summed E-state index contributed by atoms with van der Waals surface area (Å²) < 4.78 is 5.79. The third-order valence-electron chi connectivity index (χ3n) is 3.19. The quantitative estimate of drug-likeness (QED) is 0.676. The maximum atomic E-state index is 9.81. The molecule has 0 bridgehead atoms. The van der Waals surface area contributed by atoms with Gasteiger partial charge in [0.15, 0.2) is 0 Å². The number of phenolic OH excluding ortho intramolecular Hbond substituents is 1. The van der Waals surface area contributed by atoms with Crippen molar-refractivity contribution in [3.63, 3.8) is 0 Å². The Labute approximate surface area is 142 Å². The first-order chi connectivity index (χ1) is 11.8. The lowest BCUT2D eigenvalue weighted by atomic mass is 10.2. The monoisotopic (exact) mass is 322 g/mol. The van der Waals surface area contributed by atoms with Gasteiger partial charge >= 0.3 is 0 Å². The summed E-state index contributed by atoms with van der Waals surface area (Å²) in [5.74, 6) is 1.50. The average molecular weight is 322 g/mol. The van der Waals surface area contributed by atoms with Crippen LogP contribution in [0.3, 0.4) is 0 Å². The standard InChI is InChI=1S/C18H16N2O2.C2H6/c21-17-11-5-4-7-14(17)13-20-16-10-6-12-19-18(16)22-15-8-2-1-3-9-15;1-2/h1-12,20-21H,13H2;1-2H3. The van der Waals surface area contributed by atoms with E-state index in [-0.39, 0.29) is 5.75 Å². The van der Waals surface area contributed by atoms with Gasteiger partial charge in [0.1, 0.15) is 11.5 Å². The molecule has 124 valence electrons. The number of benzene rings is 2. The molecule has 3 aromatic rings. The SMILES string of the molecule is CC.Oc1ccccc1CNc1cccnc1Oc1ccccc1. The number of anilines is 1. The second-order valence-corrected chi connectivity index (χ2v) is 4.75. The predicted octanol–water partition coefficient (Wildman–Crippen LogP) is 5.22. The summed E-state index contributed by atoms with van der Waals surface area (Å²) in [7, 11) is 0. The van der Waals surface area contributed by atoms with Crippen LogP contribution < -0.4 is 10.1 Å². The number of hydrogen-bond donors (Lipinski definition) is 2. The third kappa shape index (κ3) is 4.74. The van der Waals surface area contributed by atoms with Gasteiger partial charge in [0.05, 0.1) is 5.69 Å². The molecule has 0 aliphatic carbocycles. The van der Waals surface area contributed by atoms with Crippen LogP contribution in [0.4, 0.5) is 5.69 Å². The highest BCUT2D eigenvalue weighted by Gasteiger charge is 2.07. The first kappa shape index (κ1) is 17.3. The summed E-state index contributed by atoms with van der Waals surface area (Å²) in [5, 5.41) is 13.0. The van der Waals surface area contributed by atoms with E-state index in [0.717, 1.165) is 17.0 Å². The summed E-state index contributed by atoms with van der Waals surface area (Å²) in [6, 6.07) is 20.5. The first-order valence-corrected chi connectivity index (χ1v) is 8.01. The highest BCUT2D eigenvalue weighted by atomic mass is 16.5. The van der Waals surface area contributed by atoms with Gasteiger partial charge in [-0.15, -0.1) is 0 Å². The van der Waals surface area contributed by atoms with E-state index in [2.05, 4.69) is 10.3 Å². The van der Waals surface area contributed by atoms with Crippen LogP contribution in [0, 0.1) is 0 Å². The summed E-state index contributed by atoms with van der Waals surface area (Å²) in [6.45, 7) is 4.49. The van der Waals surface area contributed by atoms with Gasteiger partial charge in [0.25, 0.3) is 0 Å². The number of nitrogens with zero attached hydrogens (tertiary/aromatic N) is 1. The van der Waals surface area contributed by atoms with Crippen molar-refractivity contribution in [2.24, 2.45) is 0 Å². The lowest BCUT2D eigenvalue weighted by Gasteiger charge is -2.12. The highest BCUT2D eigenvalue weighted by molar-refractivity contribution is 5.54. The molecule has 0 radical (unpaired) electrons. The fourth-order valence-electron chi connectivity index (χ4n) is 2.06. The highest BCUT2D eigenvalue weighted by Crippen LogP contribution is 2.27. The molecule has 2 aromatic carbocycles. The largest absolute Gasteiger partial charge is 0.508 e. The van der Waals surface area contributed by atoms with Crippen molar-refractivity contribution < 1.29 is 9.84 Å². The minimum absolute atomic E-state index is 0.268. The van der Waals surface area contributed by atoms with Crippen molar-refractivity contribution >= 4 is 5.69 Å². The Morgan fingerprint density at radius 2 is 1.62 bits per heavy atom. The first-order valence-electron chi connectivity index (χ1n) is 8.01. The topological polar surface area (TPSA) is 54.4 Å². The van der Waals surface area contributed by atoms with Crippen LogP contribution in [-0.4, -0.2) is 10.1 Å². The van der Waals surface area contributed by atoms with Gasteiger partial charge in [-0.2, -0.15) is 0 Å². The number of ether oxygens (including phenoxy) is 1. The molecule has 24 heavy (non-hydrogen) atoms. The molecule has 0 aliphatic rings. The maximum absolute atomic E-state index is 9.81. The third-order valence-corrected chi connectivity index (χ3v) is 3.19. The van der Waals surface area contributed by atoms with E-state index in [0.29, 0.717) is 12.4 Å². The second kappa shape index (κ2) is 9.20. The van der Waals surface area contributed by atoms with Gasteiger partial charge in [-0.3, -0.25) is 0 Å². The van der Waals surface area contributed by atoms with Crippen LogP contribution in [-0.2, 0) is 6.54 Å². The summed E-state index contributed by atoms with van der Waals surface area (Å²) in [6.07, 6.45) is 1.68. The molecule has 0 amide bonds. The number of aromatic nitrogens is 1. The molecule has 0 unspecified atom stereocenters. The van der Waals surface area contributed by atoms with Gasteiger partial charge < -0.3 is 15.2 Å². The van der Waals surface area contributed by atoms with Gasteiger partial charge in [0.2, 0.25) is 5.88 Å². The van der Waals surface area contributed by atoms with Gasteiger partial charge in [-0.05, 0) is 30.3 Å². The molecule has 0 aliphatic heterocycles. The number of pyridine rings is 1. The molecule has 0 atom stereocenters. The molecule has 2 N–H and O–H groups in total. The molecule has 0 saturated heterocycles. The fourth-order valence-corrected chi connectivity index (χ4v) is 2.06. The van der Waals surface area contributed by atoms with E-state index < -0.39 is 0 Å². The summed E-state index contributed by atoms with van der Waals surface area (Å²) in [5.41, 5.74) is 1.59. The molecule has 1 aromatic heterocycles. The Hall–Kier alpha value is -3.01. The molecule has 4 heteroatoms. The zero-order valence-corrected chi connectivity index (χ0v) is 13.9. The van der Waals surface area contributed by atoms with E-state index in [1.54, 1.807) is 18.3 Å². The number of rotatable bonds is 5. The zero-order valence-electron chi connectivity index (χ0n) is 13.9. The number of hydrogen-bond acceptors (Lipinski definition) is 4. The van der Waals surface area contributed by atoms with Crippen molar-refractivity contribution in [3.05, 3.63) is 78.5 Å². The molecular formula is C20H22N2O2. The zero-order chi connectivity index (χ0) is 17.2. The Balaban J connectivity index is 0.00000100. The molecule has 0 saturated carbocycles. The van der Waals surface area contributed by atoms with Crippen molar-refractivity contribution in [1.82, 2.24) is 4.98 Å². The van der Waals surface area contributed by atoms with Gasteiger partial charge in [0, 0.05) is 18.3 Å². The van der Waals surface area contributed by atoms with Crippen molar-refractivity contribution in [1.29, 1.82) is 0 Å². The molecule has 3 rings (SSSR count). The van der Waals surface area contributed by atoms with Crippen molar-refractivity contribution in [2.45, 2.75) is 20.4 Å². The number of phenols is 1. The van der Waals surface area contributed by atoms with Crippen LogP contribution in [0.1, 0.15) is 19.4 Å². The van der Waals surface area contributed by atoms with Gasteiger partial charge in [-0.1, -0.05) is 50.2 Å². The van der Waals surface area contributed by atoms with Crippen LogP contribution in [0.25, 0.3) is 0 Å². The van der Waals surface area contributed by atoms with Crippen LogP contribution >= 0.6 is 0 Å². The number of nitrogens with one attached hydrogen (secondary N) is 1. The summed E-state index contributed by atoms with van der Waals surface area (Å²) >= 11 is 0. The van der Waals surface area contributed by atoms with E-state index in [4.69, 9.17) is 4.74 Å². The molecular weight excluding hydrogens is 300 g/mol. The maximum Gasteiger partial charge on any atom is 0.242 e. The number of para-hydroxylation sites is 2. The van der Waals surface area contributed by atoms with Crippen molar-refractivity contribution in [2.75, 3.05) is 5.32 Å². The minimum atomic E-state index is 0.268. The van der Waals surface area contributed by atoms with E-state index in [9.17, 15) is 5.11 Å². The molecule has 0 spiro atoms. The Bertz CT molecular complexity index is 745. The lowest BCUT2D eigenvalue weighted by molar-refractivity contribution is 0.463. The lowest BCUT2D eigenvalue weighted by Crippen LogP contribution is -2.02.